The van der Waals surface area contributed by atoms with Crippen LogP contribution in [-0.4, -0.2) is 30.6 Å². The number of rotatable bonds is 4. The number of carbonyl (C=O) groups is 2. The fourth-order valence-corrected chi connectivity index (χ4v) is 0.895. The van der Waals surface area contributed by atoms with E-state index in [9.17, 15) is 9.59 Å². The minimum Gasteiger partial charge on any atom is -0.460 e. The van der Waals surface area contributed by atoms with E-state index < -0.39 is 23.5 Å². The Morgan fingerprint density at radius 3 is 2.00 bits per heavy atom. The molecule has 5 nitrogen and oxygen atoms in total. The van der Waals surface area contributed by atoms with Crippen molar-refractivity contribution in [1.82, 2.24) is 5.32 Å². The number of ether oxygens (including phenoxy) is 1. The van der Waals surface area contributed by atoms with Gasteiger partial charge in [0, 0.05) is 0 Å². The zero-order chi connectivity index (χ0) is 13.4. The molecule has 0 aromatic rings. The van der Waals surface area contributed by atoms with E-state index in [1.54, 1.807) is 27.8 Å². The van der Waals surface area contributed by atoms with E-state index in [4.69, 9.17) is 10.5 Å². The summed E-state index contributed by atoms with van der Waals surface area (Å²) in [5.41, 5.74) is 4.52. The summed E-state index contributed by atoms with van der Waals surface area (Å²) in [6, 6.07) is -0.662. The van der Waals surface area contributed by atoms with Crippen LogP contribution in [0.5, 0.6) is 0 Å². The molecule has 0 saturated carbocycles. The summed E-state index contributed by atoms with van der Waals surface area (Å²) in [6.07, 6.45) is -0.0386. The van der Waals surface area contributed by atoms with E-state index in [2.05, 4.69) is 5.32 Å². The molecule has 96 valence electrons. The fraction of sp³-hybridized carbons (Fsp3) is 0.818. The lowest BCUT2D eigenvalue weighted by Crippen LogP contribution is -2.41. The van der Waals surface area contributed by atoms with Gasteiger partial charge in [-0.1, -0.05) is 13.8 Å². The summed E-state index contributed by atoms with van der Waals surface area (Å²) in [6.45, 7) is 9.30. The van der Waals surface area contributed by atoms with Crippen molar-refractivity contribution in [2.24, 2.45) is 5.73 Å². The Hall–Kier alpha value is -1.10. The molecular weight excluding hydrogens is 208 g/mol. The number of nitrogens with two attached hydrogens (primary N) is 1. The first-order valence-corrected chi connectivity index (χ1v) is 5.44. The average molecular weight is 232 g/mol. The van der Waals surface area contributed by atoms with Crippen LogP contribution in [0.1, 0.15) is 41.0 Å². The largest absolute Gasteiger partial charge is 0.460 e. The van der Waals surface area contributed by atoms with Crippen LogP contribution < -0.4 is 11.1 Å². The molecular formula is C11H24N2O3. The van der Waals surface area contributed by atoms with Crippen LogP contribution in [0, 0.1) is 0 Å². The van der Waals surface area contributed by atoms with E-state index in [1.165, 1.54) is 0 Å². The Labute approximate surface area is 97.7 Å². The second kappa shape index (κ2) is 8.10. The second-order valence-electron chi connectivity index (χ2n) is 4.03. The molecule has 0 aliphatic heterocycles. The second-order valence-corrected chi connectivity index (χ2v) is 4.03. The lowest BCUT2D eigenvalue weighted by atomic mass is 10.1. The maximum Gasteiger partial charge on any atom is 0.308 e. The minimum atomic E-state index is -0.662. The molecule has 0 aromatic carbocycles. The van der Waals surface area contributed by atoms with Crippen molar-refractivity contribution in [3.05, 3.63) is 0 Å². The highest BCUT2D eigenvalue weighted by Crippen LogP contribution is 2.09. The molecule has 0 aliphatic carbocycles. The van der Waals surface area contributed by atoms with Crippen molar-refractivity contribution < 1.29 is 14.3 Å². The van der Waals surface area contributed by atoms with Gasteiger partial charge in [0.25, 0.3) is 0 Å². The van der Waals surface area contributed by atoms with Gasteiger partial charge in [0.15, 0.2) is 0 Å². The molecule has 0 fully saturated rings. The molecule has 0 heterocycles. The molecule has 5 heteroatoms. The number of nitrogens with one attached hydrogen (secondary N) is 1. The van der Waals surface area contributed by atoms with Crippen LogP contribution in [0.2, 0.25) is 0 Å². The SMILES string of the molecule is CC.CN[C@H](CC(=O)OC(C)(C)C)C(N)=O. The van der Waals surface area contributed by atoms with Gasteiger partial charge in [-0.15, -0.1) is 0 Å². The quantitative estimate of drug-likeness (QED) is 0.703. The molecule has 0 bridgehead atoms. The third kappa shape index (κ3) is 9.45. The standard InChI is InChI=1S/C9H18N2O3.C2H6/c1-9(2,3)14-7(12)5-6(11-4)8(10)13;1-2/h6,11H,5H2,1-4H3,(H2,10,13);1-2H3/t6-;/m1./s1. The van der Waals surface area contributed by atoms with Crippen molar-refractivity contribution in [3.8, 4) is 0 Å². The number of hydrogen-bond acceptors (Lipinski definition) is 4. The summed E-state index contributed by atoms with van der Waals surface area (Å²) in [7, 11) is 1.57. The van der Waals surface area contributed by atoms with Gasteiger partial charge in [-0.3, -0.25) is 9.59 Å². The highest BCUT2D eigenvalue weighted by Gasteiger charge is 2.22. The highest BCUT2D eigenvalue weighted by molar-refractivity contribution is 5.85. The summed E-state index contributed by atoms with van der Waals surface area (Å²) >= 11 is 0. The van der Waals surface area contributed by atoms with E-state index >= 15 is 0 Å². The molecule has 0 aromatic heterocycles. The van der Waals surface area contributed by atoms with Crippen LogP contribution in [0.3, 0.4) is 0 Å². The summed E-state index contributed by atoms with van der Waals surface area (Å²) in [4.78, 5) is 22.0. The smallest absolute Gasteiger partial charge is 0.308 e. The molecule has 0 rings (SSSR count). The number of hydrogen-bond donors (Lipinski definition) is 2. The molecule has 0 spiro atoms. The number of likely N-dealkylation sites (N-methyl/N-ethyl adjacent to an activating group) is 1. The molecule has 0 aliphatic rings. The maximum absolute atomic E-state index is 11.3. The van der Waals surface area contributed by atoms with E-state index in [1.807, 2.05) is 13.8 Å². The highest BCUT2D eigenvalue weighted by atomic mass is 16.6. The first-order valence-electron chi connectivity index (χ1n) is 5.44. The van der Waals surface area contributed by atoms with Gasteiger partial charge in [0.1, 0.15) is 5.60 Å². The minimum absolute atomic E-state index is 0.0386. The number of primary amides is 1. The monoisotopic (exact) mass is 232 g/mol. The Morgan fingerprint density at radius 1 is 1.31 bits per heavy atom. The van der Waals surface area contributed by atoms with Crippen molar-refractivity contribution in [3.63, 3.8) is 0 Å². The molecule has 3 N–H and O–H groups in total. The molecule has 0 radical (unpaired) electrons. The third-order valence-electron chi connectivity index (χ3n) is 1.48. The molecule has 0 saturated heterocycles. The van der Waals surface area contributed by atoms with Gasteiger partial charge < -0.3 is 15.8 Å². The lowest BCUT2D eigenvalue weighted by molar-refractivity contribution is -0.156. The zero-order valence-electron chi connectivity index (χ0n) is 11.1. The summed E-state index contributed by atoms with van der Waals surface area (Å²) in [5.74, 6) is -0.992. The summed E-state index contributed by atoms with van der Waals surface area (Å²) < 4.78 is 5.03. The lowest BCUT2D eigenvalue weighted by Gasteiger charge is -2.21. The molecule has 16 heavy (non-hydrogen) atoms. The van der Waals surface area contributed by atoms with Crippen molar-refractivity contribution >= 4 is 11.9 Å². The van der Waals surface area contributed by atoms with Crippen molar-refractivity contribution in [1.29, 1.82) is 0 Å². The van der Waals surface area contributed by atoms with Gasteiger partial charge in [-0.25, -0.2) is 0 Å². The third-order valence-corrected chi connectivity index (χ3v) is 1.48. The Kier molecular flexibility index (Phi) is 8.76. The van der Waals surface area contributed by atoms with Gasteiger partial charge >= 0.3 is 5.97 Å². The Bertz CT molecular complexity index is 222. The van der Waals surface area contributed by atoms with Gasteiger partial charge in [-0.05, 0) is 27.8 Å². The van der Waals surface area contributed by atoms with Crippen LogP contribution in [0.25, 0.3) is 0 Å². The van der Waals surface area contributed by atoms with E-state index in [-0.39, 0.29) is 6.42 Å². The molecule has 1 amide bonds. The number of amides is 1. The van der Waals surface area contributed by atoms with Gasteiger partial charge in [0.05, 0.1) is 12.5 Å². The molecule has 1 atom stereocenters. The van der Waals surface area contributed by atoms with Crippen LogP contribution in [-0.2, 0) is 14.3 Å². The fourth-order valence-electron chi connectivity index (χ4n) is 0.895. The Morgan fingerprint density at radius 2 is 1.75 bits per heavy atom. The van der Waals surface area contributed by atoms with Crippen molar-refractivity contribution in [2.45, 2.75) is 52.7 Å². The van der Waals surface area contributed by atoms with E-state index in [0.717, 1.165) is 0 Å². The van der Waals surface area contributed by atoms with Gasteiger partial charge in [0.2, 0.25) is 5.91 Å². The maximum atomic E-state index is 11.3. The first-order chi connectivity index (χ1) is 7.26. The van der Waals surface area contributed by atoms with E-state index in [0.29, 0.717) is 0 Å². The van der Waals surface area contributed by atoms with Crippen LogP contribution >= 0.6 is 0 Å². The number of esters is 1. The number of carbonyl (C=O) groups excluding carboxylic acids is 2. The van der Waals surface area contributed by atoms with Gasteiger partial charge in [-0.2, -0.15) is 0 Å². The summed E-state index contributed by atoms with van der Waals surface area (Å²) in [5, 5.41) is 2.64. The Balaban J connectivity index is 0. The van der Waals surface area contributed by atoms with Crippen LogP contribution in [0.4, 0.5) is 0 Å². The molecule has 0 unspecified atom stereocenters. The normalized spacial score (nSPS) is 12.1. The van der Waals surface area contributed by atoms with Crippen molar-refractivity contribution in [2.75, 3.05) is 7.05 Å². The average Bonchev–Trinajstić information content (AvgIpc) is 2.14. The van der Waals surface area contributed by atoms with Crippen LogP contribution in [0.15, 0.2) is 0 Å². The first kappa shape index (κ1) is 17.3. The topological polar surface area (TPSA) is 81.4 Å². The predicted octanol–water partition coefficient (Wildman–Crippen LogP) is 0.818. The predicted molar refractivity (Wildman–Crippen MR) is 63.9 cm³/mol. The zero-order valence-corrected chi connectivity index (χ0v) is 11.1.